The smallest absolute Gasteiger partial charge is 0.110 e. The molecule has 0 atom stereocenters. The highest BCUT2D eigenvalue weighted by atomic mass is 32.1. The van der Waals surface area contributed by atoms with Gasteiger partial charge in [-0.3, -0.25) is 0 Å². The monoisotopic (exact) mass is 199 g/mol. The van der Waals surface area contributed by atoms with Crippen molar-refractivity contribution in [1.82, 2.24) is 0 Å². The molecule has 1 aromatic heterocycles. The molecule has 0 bridgehead atoms. The summed E-state index contributed by atoms with van der Waals surface area (Å²) in [6.45, 7) is 0. The molecule has 0 amide bonds. The Morgan fingerprint density at radius 3 is 2.64 bits per heavy atom. The SMILES string of the molecule is N#Cc1cc2ccc(C#N)c(N)c2s1. The molecule has 0 aliphatic rings. The van der Waals surface area contributed by atoms with E-state index in [0.29, 0.717) is 16.1 Å². The summed E-state index contributed by atoms with van der Waals surface area (Å²) >= 11 is 1.32. The maximum atomic E-state index is 8.75. The molecule has 0 aliphatic carbocycles. The van der Waals surface area contributed by atoms with Crippen molar-refractivity contribution >= 4 is 27.1 Å². The number of nitrogens with zero attached hydrogens (tertiary/aromatic N) is 2. The van der Waals surface area contributed by atoms with E-state index in [2.05, 4.69) is 6.07 Å². The van der Waals surface area contributed by atoms with Gasteiger partial charge in [-0.15, -0.1) is 11.3 Å². The third-order valence-electron chi connectivity index (χ3n) is 1.96. The van der Waals surface area contributed by atoms with E-state index in [4.69, 9.17) is 16.3 Å². The first kappa shape index (κ1) is 8.55. The number of nitrogen functional groups attached to an aromatic ring is 1. The van der Waals surface area contributed by atoms with Crippen LogP contribution in [0.1, 0.15) is 10.4 Å². The van der Waals surface area contributed by atoms with Gasteiger partial charge in [0.1, 0.15) is 17.0 Å². The van der Waals surface area contributed by atoms with E-state index in [1.807, 2.05) is 12.1 Å². The lowest BCUT2D eigenvalue weighted by Crippen LogP contribution is -1.88. The molecule has 0 radical (unpaired) electrons. The minimum atomic E-state index is 0.462. The largest absolute Gasteiger partial charge is 0.396 e. The van der Waals surface area contributed by atoms with Gasteiger partial charge in [0.2, 0.25) is 0 Å². The van der Waals surface area contributed by atoms with Crippen LogP contribution in [0.5, 0.6) is 0 Å². The third kappa shape index (κ3) is 1.10. The molecular weight excluding hydrogens is 194 g/mol. The van der Waals surface area contributed by atoms with Crippen LogP contribution in [0.4, 0.5) is 5.69 Å². The second-order valence-corrected chi connectivity index (χ2v) is 3.83. The normalized spacial score (nSPS) is 9.57. The third-order valence-corrected chi connectivity index (χ3v) is 3.04. The Hall–Kier alpha value is -2.04. The van der Waals surface area contributed by atoms with Crippen molar-refractivity contribution < 1.29 is 0 Å². The Morgan fingerprint density at radius 1 is 1.21 bits per heavy atom. The topological polar surface area (TPSA) is 73.6 Å². The van der Waals surface area contributed by atoms with E-state index in [1.54, 1.807) is 12.1 Å². The van der Waals surface area contributed by atoms with Crippen LogP contribution in [0.3, 0.4) is 0 Å². The van der Waals surface area contributed by atoms with Gasteiger partial charge in [0.05, 0.1) is 16.0 Å². The Bertz CT molecular complexity index is 584. The molecule has 66 valence electrons. The molecular formula is C10H5N3S. The average Bonchev–Trinajstić information content (AvgIpc) is 2.62. The lowest BCUT2D eigenvalue weighted by molar-refractivity contribution is 1.50. The average molecular weight is 199 g/mol. The summed E-state index contributed by atoms with van der Waals surface area (Å²) in [4.78, 5) is 0.613. The summed E-state index contributed by atoms with van der Waals surface area (Å²) in [5, 5.41) is 18.4. The molecule has 0 spiro atoms. The highest BCUT2D eigenvalue weighted by Gasteiger charge is 2.07. The molecule has 1 heterocycles. The zero-order chi connectivity index (χ0) is 10.1. The quantitative estimate of drug-likeness (QED) is 0.661. The molecule has 2 aromatic rings. The second-order valence-electron chi connectivity index (χ2n) is 2.78. The zero-order valence-corrected chi connectivity index (χ0v) is 7.93. The van der Waals surface area contributed by atoms with Crippen LogP contribution in [0, 0.1) is 22.7 Å². The van der Waals surface area contributed by atoms with Crippen LogP contribution in [-0.4, -0.2) is 0 Å². The highest BCUT2D eigenvalue weighted by Crippen LogP contribution is 2.31. The lowest BCUT2D eigenvalue weighted by atomic mass is 10.1. The summed E-state index contributed by atoms with van der Waals surface area (Å²) in [7, 11) is 0. The molecule has 2 rings (SSSR count). The minimum Gasteiger partial charge on any atom is -0.396 e. The molecule has 2 N–H and O–H groups in total. The standard InChI is InChI=1S/C10H5N3S/c11-4-7-2-1-6-3-8(5-12)14-10(6)9(7)13/h1-3H,13H2. The van der Waals surface area contributed by atoms with Gasteiger partial charge in [-0.1, -0.05) is 6.07 Å². The summed E-state index contributed by atoms with van der Waals surface area (Å²) in [5.74, 6) is 0. The van der Waals surface area contributed by atoms with Crippen molar-refractivity contribution in [2.45, 2.75) is 0 Å². The van der Waals surface area contributed by atoms with Crippen LogP contribution in [0.15, 0.2) is 18.2 Å². The highest BCUT2D eigenvalue weighted by molar-refractivity contribution is 7.20. The summed E-state index contributed by atoms with van der Waals surface area (Å²) in [6, 6.07) is 9.33. The number of nitrogens with two attached hydrogens (primary N) is 1. The van der Waals surface area contributed by atoms with E-state index in [1.165, 1.54) is 11.3 Å². The predicted octanol–water partition coefficient (Wildman–Crippen LogP) is 2.23. The van der Waals surface area contributed by atoms with Gasteiger partial charge in [0.15, 0.2) is 0 Å². The molecule has 1 aromatic carbocycles. The molecule has 0 unspecified atom stereocenters. The Morgan fingerprint density at radius 2 is 2.00 bits per heavy atom. The molecule has 3 nitrogen and oxygen atoms in total. The maximum absolute atomic E-state index is 8.75. The van der Waals surface area contributed by atoms with Crippen LogP contribution in [-0.2, 0) is 0 Å². The van der Waals surface area contributed by atoms with E-state index in [-0.39, 0.29) is 0 Å². The fourth-order valence-electron chi connectivity index (χ4n) is 1.28. The summed E-state index contributed by atoms with van der Waals surface area (Å²) in [6.07, 6.45) is 0. The zero-order valence-electron chi connectivity index (χ0n) is 7.11. The van der Waals surface area contributed by atoms with Crippen LogP contribution in [0.25, 0.3) is 10.1 Å². The van der Waals surface area contributed by atoms with E-state index in [9.17, 15) is 0 Å². The Labute approximate surface area is 84.6 Å². The second kappa shape index (κ2) is 3.02. The van der Waals surface area contributed by atoms with Crippen molar-refractivity contribution in [3.8, 4) is 12.1 Å². The first-order chi connectivity index (χ1) is 6.76. The number of anilines is 1. The number of thiophene rings is 1. The van der Waals surface area contributed by atoms with E-state index >= 15 is 0 Å². The van der Waals surface area contributed by atoms with Gasteiger partial charge >= 0.3 is 0 Å². The number of fused-ring (bicyclic) bond motifs is 1. The fraction of sp³-hybridized carbons (Fsp3) is 0. The summed E-state index contributed by atoms with van der Waals surface area (Å²) < 4.78 is 0.820. The van der Waals surface area contributed by atoms with Gasteiger partial charge in [0, 0.05) is 0 Å². The van der Waals surface area contributed by atoms with Crippen molar-refractivity contribution in [3.63, 3.8) is 0 Å². The Kier molecular flexibility index (Phi) is 1.85. The van der Waals surface area contributed by atoms with Crippen molar-refractivity contribution in [3.05, 3.63) is 28.6 Å². The number of hydrogen-bond acceptors (Lipinski definition) is 4. The van der Waals surface area contributed by atoms with Crippen molar-refractivity contribution in [1.29, 1.82) is 10.5 Å². The number of hydrogen-bond donors (Lipinski definition) is 1. The van der Waals surface area contributed by atoms with Gasteiger partial charge in [-0.25, -0.2) is 0 Å². The van der Waals surface area contributed by atoms with Gasteiger partial charge in [0.25, 0.3) is 0 Å². The molecule has 4 heteroatoms. The molecule has 0 saturated heterocycles. The van der Waals surface area contributed by atoms with E-state index in [0.717, 1.165) is 10.1 Å². The number of benzene rings is 1. The summed E-state index contributed by atoms with van der Waals surface area (Å²) in [5.41, 5.74) is 6.71. The Balaban J connectivity index is 2.85. The molecule has 0 aliphatic heterocycles. The fourth-order valence-corrected chi connectivity index (χ4v) is 2.19. The number of rotatable bonds is 0. The van der Waals surface area contributed by atoms with Crippen LogP contribution < -0.4 is 5.73 Å². The first-order valence-electron chi connectivity index (χ1n) is 3.88. The van der Waals surface area contributed by atoms with Crippen molar-refractivity contribution in [2.75, 3.05) is 5.73 Å². The molecule has 0 saturated carbocycles. The van der Waals surface area contributed by atoms with E-state index < -0.39 is 0 Å². The number of nitriles is 2. The lowest BCUT2D eigenvalue weighted by Gasteiger charge is -1.96. The van der Waals surface area contributed by atoms with Gasteiger partial charge in [-0.05, 0) is 17.5 Å². The van der Waals surface area contributed by atoms with Crippen LogP contribution in [0.2, 0.25) is 0 Å². The molecule has 0 fully saturated rings. The van der Waals surface area contributed by atoms with Gasteiger partial charge in [-0.2, -0.15) is 10.5 Å². The van der Waals surface area contributed by atoms with Crippen LogP contribution >= 0.6 is 11.3 Å². The first-order valence-corrected chi connectivity index (χ1v) is 4.70. The maximum Gasteiger partial charge on any atom is 0.110 e. The minimum absolute atomic E-state index is 0.462. The van der Waals surface area contributed by atoms with Crippen molar-refractivity contribution in [2.24, 2.45) is 0 Å². The predicted molar refractivity (Wildman–Crippen MR) is 55.7 cm³/mol. The van der Waals surface area contributed by atoms with Gasteiger partial charge < -0.3 is 5.73 Å². The molecule has 14 heavy (non-hydrogen) atoms.